The van der Waals surface area contributed by atoms with E-state index in [4.69, 9.17) is 17.0 Å². The van der Waals surface area contributed by atoms with Gasteiger partial charge in [0.25, 0.3) is 0 Å². The number of hydrogen-bond acceptors (Lipinski definition) is 2. The van der Waals surface area contributed by atoms with E-state index in [1.165, 1.54) is 0 Å². The van der Waals surface area contributed by atoms with Gasteiger partial charge in [-0.05, 0) is 36.2 Å². The molecule has 1 aromatic carbocycles. The molecule has 18 heavy (non-hydrogen) atoms. The number of fused-ring (bicyclic) bond motifs is 1. The quantitative estimate of drug-likeness (QED) is 0.844. The van der Waals surface area contributed by atoms with Crippen molar-refractivity contribution in [1.29, 1.82) is 0 Å². The highest BCUT2D eigenvalue weighted by Crippen LogP contribution is 2.26. The second-order valence-corrected chi connectivity index (χ2v) is 6.13. The number of benzene rings is 1. The first-order valence-electron chi connectivity index (χ1n) is 6.18. The molecule has 2 rings (SSSR count). The van der Waals surface area contributed by atoms with Crippen molar-refractivity contribution in [3.05, 3.63) is 23.0 Å². The summed E-state index contributed by atoms with van der Waals surface area (Å²) in [7, 11) is 1.68. The number of methoxy groups -OCH3 is 1. The van der Waals surface area contributed by atoms with E-state index in [1.54, 1.807) is 7.11 Å². The lowest BCUT2D eigenvalue weighted by Crippen LogP contribution is -2.10. The maximum absolute atomic E-state index is 5.40. The average Bonchev–Trinajstić information content (AvgIpc) is 2.61. The number of aryl methyl sites for hydroxylation is 1. The Morgan fingerprint density at radius 3 is 2.67 bits per heavy atom. The van der Waals surface area contributed by atoms with Crippen LogP contribution in [0.3, 0.4) is 0 Å². The van der Waals surface area contributed by atoms with Crippen LogP contribution in [0.15, 0.2) is 18.2 Å². The van der Waals surface area contributed by atoms with Gasteiger partial charge in [0, 0.05) is 6.54 Å². The van der Waals surface area contributed by atoms with Gasteiger partial charge >= 0.3 is 0 Å². The summed E-state index contributed by atoms with van der Waals surface area (Å²) in [4.78, 5) is 3.24. The van der Waals surface area contributed by atoms with E-state index >= 15 is 0 Å². The fraction of sp³-hybridized carbons (Fsp3) is 0.500. The third-order valence-electron chi connectivity index (χ3n) is 3.08. The van der Waals surface area contributed by atoms with Gasteiger partial charge in [-0.2, -0.15) is 0 Å². The number of imidazole rings is 1. The van der Waals surface area contributed by atoms with Crippen molar-refractivity contribution < 1.29 is 4.74 Å². The lowest BCUT2D eigenvalue weighted by atomic mass is 9.92. The van der Waals surface area contributed by atoms with Crippen LogP contribution in [0.5, 0.6) is 5.75 Å². The minimum absolute atomic E-state index is 0.303. The molecule has 1 heterocycles. The van der Waals surface area contributed by atoms with Gasteiger partial charge in [0.2, 0.25) is 0 Å². The van der Waals surface area contributed by atoms with Crippen molar-refractivity contribution in [1.82, 2.24) is 9.55 Å². The van der Waals surface area contributed by atoms with Gasteiger partial charge in [-0.3, -0.25) is 0 Å². The number of hydrogen-bond donors (Lipinski definition) is 1. The number of nitrogens with zero attached hydrogens (tertiary/aromatic N) is 1. The molecule has 98 valence electrons. The number of aromatic nitrogens is 2. The summed E-state index contributed by atoms with van der Waals surface area (Å²) in [5.41, 5.74) is 2.40. The highest BCUT2D eigenvalue weighted by atomic mass is 32.1. The van der Waals surface area contributed by atoms with E-state index in [1.807, 2.05) is 12.1 Å². The SMILES string of the molecule is COc1cccc2c1[nH]c(=S)n2CCC(C)(C)C. The lowest BCUT2D eigenvalue weighted by Gasteiger charge is -2.18. The first-order valence-corrected chi connectivity index (χ1v) is 6.59. The second kappa shape index (κ2) is 4.76. The van der Waals surface area contributed by atoms with Crippen molar-refractivity contribution in [3.63, 3.8) is 0 Å². The molecule has 0 unspecified atom stereocenters. The van der Waals surface area contributed by atoms with Gasteiger partial charge in [-0.1, -0.05) is 26.8 Å². The van der Waals surface area contributed by atoms with Crippen LogP contribution >= 0.6 is 12.2 Å². The predicted molar refractivity (Wildman–Crippen MR) is 77.7 cm³/mol. The number of para-hydroxylation sites is 1. The Kier molecular flexibility index (Phi) is 3.48. The van der Waals surface area contributed by atoms with Crippen molar-refractivity contribution in [2.45, 2.75) is 33.7 Å². The molecule has 0 aliphatic rings. The van der Waals surface area contributed by atoms with Crippen molar-refractivity contribution in [2.24, 2.45) is 5.41 Å². The van der Waals surface area contributed by atoms with Crippen molar-refractivity contribution >= 4 is 23.3 Å². The van der Waals surface area contributed by atoms with Gasteiger partial charge in [-0.15, -0.1) is 0 Å². The number of ether oxygens (including phenoxy) is 1. The number of rotatable bonds is 3. The van der Waals surface area contributed by atoms with Crippen LogP contribution in [-0.2, 0) is 6.54 Å². The highest BCUT2D eigenvalue weighted by Gasteiger charge is 2.13. The molecule has 0 aliphatic heterocycles. The lowest BCUT2D eigenvalue weighted by molar-refractivity contribution is 0.352. The molecule has 1 aromatic heterocycles. The van der Waals surface area contributed by atoms with Crippen LogP contribution < -0.4 is 4.74 Å². The van der Waals surface area contributed by atoms with E-state index < -0.39 is 0 Å². The molecular formula is C14H20N2OS. The molecule has 0 radical (unpaired) electrons. The molecule has 0 atom stereocenters. The first kappa shape index (κ1) is 13.1. The smallest absolute Gasteiger partial charge is 0.178 e. The zero-order valence-electron chi connectivity index (χ0n) is 11.4. The fourth-order valence-corrected chi connectivity index (χ4v) is 2.28. The van der Waals surface area contributed by atoms with Gasteiger partial charge in [0.1, 0.15) is 11.3 Å². The summed E-state index contributed by atoms with van der Waals surface area (Å²) < 4.78 is 8.26. The molecule has 0 aliphatic carbocycles. The van der Waals surface area contributed by atoms with Crippen molar-refractivity contribution in [2.75, 3.05) is 7.11 Å². The summed E-state index contributed by atoms with van der Waals surface area (Å²) in [5.74, 6) is 0.841. The van der Waals surface area contributed by atoms with E-state index in [0.717, 1.165) is 34.5 Å². The normalized spacial score (nSPS) is 12.0. The third kappa shape index (κ3) is 2.58. The summed E-state index contributed by atoms with van der Waals surface area (Å²) in [5, 5.41) is 0. The van der Waals surface area contributed by atoms with Gasteiger partial charge in [0.15, 0.2) is 4.77 Å². The summed E-state index contributed by atoms with van der Waals surface area (Å²) in [6, 6.07) is 6.02. The van der Waals surface area contributed by atoms with Crippen molar-refractivity contribution in [3.8, 4) is 5.75 Å². The number of nitrogens with one attached hydrogen (secondary N) is 1. The minimum Gasteiger partial charge on any atom is -0.494 e. The Morgan fingerprint density at radius 1 is 1.33 bits per heavy atom. The van der Waals surface area contributed by atoms with E-state index in [-0.39, 0.29) is 0 Å². The van der Waals surface area contributed by atoms with Gasteiger partial charge in [0.05, 0.1) is 12.6 Å². The Hall–Kier alpha value is -1.29. The van der Waals surface area contributed by atoms with E-state index in [9.17, 15) is 0 Å². The second-order valence-electron chi connectivity index (χ2n) is 5.75. The Balaban J connectivity index is 2.45. The molecule has 0 fully saturated rings. The number of H-pyrrole nitrogens is 1. The zero-order chi connectivity index (χ0) is 13.3. The largest absolute Gasteiger partial charge is 0.494 e. The Morgan fingerprint density at radius 2 is 2.06 bits per heavy atom. The Labute approximate surface area is 113 Å². The topological polar surface area (TPSA) is 29.9 Å². The summed E-state index contributed by atoms with van der Waals surface area (Å²) in [6.45, 7) is 7.65. The molecule has 0 bridgehead atoms. The van der Waals surface area contributed by atoms with Crippen LogP contribution in [0, 0.1) is 10.2 Å². The maximum Gasteiger partial charge on any atom is 0.178 e. The maximum atomic E-state index is 5.40. The molecule has 0 saturated carbocycles. The van der Waals surface area contributed by atoms with Crippen LogP contribution in [0.25, 0.3) is 11.0 Å². The number of aromatic amines is 1. The van der Waals surface area contributed by atoms with E-state index in [2.05, 4.69) is 36.4 Å². The molecule has 0 spiro atoms. The monoisotopic (exact) mass is 264 g/mol. The van der Waals surface area contributed by atoms with Gasteiger partial charge in [-0.25, -0.2) is 0 Å². The Bertz CT molecular complexity index is 604. The molecule has 2 aromatic rings. The highest BCUT2D eigenvalue weighted by molar-refractivity contribution is 7.71. The minimum atomic E-state index is 0.303. The molecule has 3 nitrogen and oxygen atoms in total. The van der Waals surface area contributed by atoms with Crippen LogP contribution in [0.4, 0.5) is 0 Å². The summed E-state index contributed by atoms with van der Waals surface area (Å²) in [6.07, 6.45) is 1.09. The van der Waals surface area contributed by atoms with E-state index in [0.29, 0.717) is 5.41 Å². The molecule has 0 amide bonds. The standard InChI is InChI=1S/C14H20N2OS/c1-14(2,3)8-9-16-10-6-5-7-11(17-4)12(10)15-13(16)18/h5-7H,8-9H2,1-4H3,(H,15,18). The average molecular weight is 264 g/mol. The predicted octanol–water partition coefficient (Wildman–Crippen LogP) is 4.14. The molecule has 0 saturated heterocycles. The van der Waals surface area contributed by atoms with Crippen LogP contribution in [-0.4, -0.2) is 16.7 Å². The van der Waals surface area contributed by atoms with Gasteiger partial charge < -0.3 is 14.3 Å². The zero-order valence-corrected chi connectivity index (χ0v) is 12.2. The molecular weight excluding hydrogens is 244 g/mol. The first-order chi connectivity index (χ1) is 8.42. The van der Waals surface area contributed by atoms with Crippen LogP contribution in [0.2, 0.25) is 0 Å². The van der Waals surface area contributed by atoms with Crippen LogP contribution in [0.1, 0.15) is 27.2 Å². The summed E-state index contributed by atoms with van der Waals surface area (Å²) >= 11 is 5.40. The molecule has 4 heteroatoms. The third-order valence-corrected chi connectivity index (χ3v) is 3.40. The fourth-order valence-electron chi connectivity index (χ4n) is 1.99. The molecule has 1 N–H and O–H groups in total.